The fourth-order valence-corrected chi connectivity index (χ4v) is 1.78. The summed E-state index contributed by atoms with van der Waals surface area (Å²) in [5.41, 5.74) is 0. The summed E-state index contributed by atoms with van der Waals surface area (Å²) in [4.78, 5) is 0. The molecule has 0 aromatic heterocycles. The third kappa shape index (κ3) is 11.9. The molecule has 0 saturated carbocycles. The van der Waals surface area contributed by atoms with Crippen molar-refractivity contribution in [2.75, 3.05) is 11.5 Å². The molecule has 0 nitrogen and oxygen atoms in total. The summed E-state index contributed by atoms with van der Waals surface area (Å²) in [6, 6.07) is 0. The quantitative estimate of drug-likeness (QED) is 0.525. The molecule has 0 atom stereocenters. The van der Waals surface area contributed by atoms with Crippen molar-refractivity contribution in [1.29, 1.82) is 0 Å². The predicted molar refractivity (Wildman–Crippen MR) is 52.9 cm³/mol. The minimum Gasteiger partial charge on any atom is -0.162 e. The Balaban J connectivity index is 0. The number of rotatable bonds is 6. The van der Waals surface area contributed by atoms with Crippen molar-refractivity contribution in [2.45, 2.75) is 39.5 Å². The minimum absolute atomic E-state index is 0. The van der Waals surface area contributed by atoms with Gasteiger partial charge in [0.15, 0.2) is 0 Å². The van der Waals surface area contributed by atoms with Gasteiger partial charge in [0.2, 0.25) is 0 Å². The summed E-state index contributed by atoms with van der Waals surface area (Å²) in [5, 5.41) is 0. The van der Waals surface area contributed by atoms with E-state index in [1.165, 1.54) is 37.2 Å². The molecule has 0 amide bonds. The van der Waals surface area contributed by atoms with E-state index in [0.29, 0.717) is 0 Å². The summed E-state index contributed by atoms with van der Waals surface area (Å²) < 4.78 is 0. The molecule has 0 aliphatic heterocycles. The molecule has 0 heterocycles. The average molecular weight is 265 g/mol. The van der Waals surface area contributed by atoms with Crippen molar-refractivity contribution < 1.29 is 0 Å². The van der Waals surface area contributed by atoms with E-state index in [1.54, 1.807) is 0 Å². The average Bonchev–Trinajstić information content (AvgIpc) is 1.89. The SMILES string of the molecule is CCCCSCCCC.[Sn+4]. The normalized spacial score (nSPS) is 9.00. The third-order valence-corrected chi connectivity index (χ3v) is 2.44. The van der Waals surface area contributed by atoms with Gasteiger partial charge in [-0.3, -0.25) is 0 Å². The van der Waals surface area contributed by atoms with E-state index >= 15 is 0 Å². The van der Waals surface area contributed by atoms with Gasteiger partial charge in [0.05, 0.1) is 0 Å². The maximum atomic E-state index is 2.25. The van der Waals surface area contributed by atoms with Crippen LogP contribution in [-0.4, -0.2) is 35.4 Å². The van der Waals surface area contributed by atoms with Crippen LogP contribution >= 0.6 is 11.8 Å². The van der Waals surface area contributed by atoms with Crippen LogP contribution in [0.5, 0.6) is 0 Å². The van der Waals surface area contributed by atoms with Gasteiger partial charge in [-0.1, -0.05) is 26.7 Å². The van der Waals surface area contributed by atoms with E-state index in [0.717, 1.165) is 0 Å². The standard InChI is InChI=1S/C8H18S.Sn/c1-3-5-7-9-8-6-4-2;/h3-8H2,1-2H3;/q;+4. The molecule has 0 aliphatic carbocycles. The molecular weight excluding hydrogens is 247 g/mol. The zero-order valence-electron chi connectivity index (χ0n) is 7.15. The van der Waals surface area contributed by atoms with E-state index in [9.17, 15) is 0 Å². The molecule has 0 aliphatic rings. The second-order valence-corrected chi connectivity index (χ2v) is 3.54. The van der Waals surface area contributed by atoms with Crippen LogP contribution in [0.3, 0.4) is 0 Å². The molecule has 0 fully saturated rings. The van der Waals surface area contributed by atoms with E-state index in [1.807, 2.05) is 0 Å². The summed E-state index contributed by atoms with van der Waals surface area (Å²) in [6.07, 6.45) is 5.49. The molecule has 0 N–H and O–H groups in total. The number of hydrogen-bond acceptors (Lipinski definition) is 1. The summed E-state index contributed by atoms with van der Waals surface area (Å²) >= 11 is 2.10. The topological polar surface area (TPSA) is 0 Å². The largest absolute Gasteiger partial charge is 4.00 e. The van der Waals surface area contributed by atoms with Crippen LogP contribution in [0.2, 0.25) is 0 Å². The van der Waals surface area contributed by atoms with Crippen LogP contribution in [0.1, 0.15) is 39.5 Å². The van der Waals surface area contributed by atoms with Gasteiger partial charge in [-0.25, -0.2) is 0 Å². The van der Waals surface area contributed by atoms with E-state index in [-0.39, 0.29) is 23.9 Å². The molecule has 0 radical (unpaired) electrons. The molecule has 2 heteroatoms. The van der Waals surface area contributed by atoms with Gasteiger partial charge in [0, 0.05) is 0 Å². The van der Waals surface area contributed by atoms with Gasteiger partial charge in [0.1, 0.15) is 0 Å². The van der Waals surface area contributed by atoms with Crippen LogP contribution in [0.4, 0.5) is 0 Å². The molecule has 0 aromatic rings. The van der Waals surface area contributed by atoms with Crippen LogP contribution in [0.15, 0.2) is 0 Å². The van der Waals surface area contributed by atoms with E-state index in [2.05, 4.69) is 25.6 Å². The molecule has 0 spiro atoms. The number of hydrogen-bond donors (Lipinski definition) is 0. The smallest absolute Gasteiger partial charge is 0.162 e. The van der Waals surface area contributed by atoms with Gasteiger partial charge in [-0.15, -0.1) is 0 Å². The second-order valence-electron chi connectivity index (χ2n) is 2.32. The Hall–Kier alpha value is 1.15. The van der Waals surface area contributed by atoms with Gasteiger partial charge in [-0.2, -0.15) is 11.8 Å². The maximum absolute atomic E-state index is 2.25. The first-order valence-corrected chi connectivity index (χ1v) is 5.15. The molecular formula is C8H18SSn+4. The van der Waals surface area contributed by atoms with Gasteiger partial charge in [-0.05, 0) is 24.3 Å². The molecule has 0 rings (SSSR count). The third-order valence-electron chi connectivity index (χ3n) is 1.28. The summed E-state index contributed by atoms with van der Waals surface area (Å²) in [5.74, 6) is 2.74. The van der Waals surface area contributed by atoms with Crippen molar-refractivity contribution in [3.05, 3.63) is 0 Å². The summed E-state index contributed by atoms with van der Waals surface area (Å²) in [6.45, 7) is 4.50. The zero-order chi connectivity index (χ0) is 6.95. The summed E-state index contributed by atoms with van der Waals surface area (Å²) in [7, 11) is 0. The first-order valence-electron chi connectivity index (χ1n) is 3.99. The Morgan fingerprint density at radius 3 is 1.60 bits per heavy atom. The Morgan fingerprint density at radius 1 is 0.900 bits per heavy atom. The Kier molecular flexibility index (Phi) is 17.6. The van der Waals surface area contributed by atoms with Gasteiger partial charge in [0.25, 0.3) is 0 Å². The van der Waals surface area contributed by atoms with Crippen molar-refractivity contribution in [1.82, 2.24) is 0 Å². The van der Waals surface area contributed by atoms with Crippen LogP contribution in [0.25, 0.3) is 0 Å². The number of unbranched alkanes of at least 4 members (excludes halogenated alkanes) is 2. The van der Waals surface area contributed by atoms with Gasteiger partial charge < -0.3 is 0 Å². The van der Waals surface area contributed by atoms with Crippen LogP contribution in [-0.2, 0) is 0 Å². The molecule has 0 saturated heterocycles. The predicted octanol–water partition coefficient (Wildman–Crippen LogP) is 2.94. The first kappa shape index (κ1) is 13.7. The van der Waals surface area contributed by atoms with Crippen LogP contribution < -0.4 is 0 Å². The number of thioether (sulfide) groups is 1. The van der Waals surface area contributed by atoms with Crippen molar-refractivity contribution in [2.24, 2.45) is 0 Å². The molecule has 56 valence electrons. The molecule has 0 bridgehead atoms. The van der Waals surface area contributed by atoms with E-state index in [4.69, 9.17) is 0 Å². The monoisotopic (exact) mass is 266 g/mol. The second kappa shape index (κ2) is 12.8. The molecule has 0 aromatic carbocycles. The van der Waals surface area contributed by atoms with E-state index < -0.39 is 0 Å². The zero-order valence-corrected chi connectivity index (χ0v) is 10.8. The fourth-order valence-electron chi connectivity index (χ4n) is 0.595. The Bertz CT molecular complexity index is 42.5. The molecule has 0 unspecified atom stereocenters. The van der Waals surface area contributed by atoms with Gasteiger partial charge >= 0.3 is 23.9 Å². The Labute approximate surface area is 86.5 Å². The fraction of sp³-hybridized carbons (Fsp3) is 1.00. The maximum Gasteiger partial charge on any atom is 4.00 e. The van der Waals surface area contributed by atoms with Crippen molar-refractivity contribution >= 4 is 35.7 Å². The van der Waals surface area contributed by atoms with Crippen LogP contribution in [0, 0.1) is 0 Å². The van der Waals surface area contributed by atoms with Crippen molar-refractivity contribution in [3.8, 4) is 0 Å². The Morgan fingerprint density at radius 2 is 1.30 bits per heavy atom. The first-order chi connectivity index (χ1) is 4.41. The van der Waals surface area contributed by atoms with Crippen molar-refractivity contribution in [3.63, 3.8) is 0 Å². The minimum atomic E-state index is 0. The molecule has 10 heavy (non-hydrogen) atoms.